The van der Waals surface area contributed by atoms with E-state index in [0.717, 1.165) is 22.9 Å². The number of halogens is 1. The predicted octanol–water partition coefficient (Wildman–Crippen LogP) is 4.86. The molecule has 4 nitrogen and oxygen atoms in total. The summed E-state index contributed by atoms with van der Waals surface area (Å²) in [6, 6.07) is 7.54. The molecule has 1 saturated carbocycles. The third-order valence-electron chi connectivity index (χ3n) is 5.17. The van der Waals surface area contributed by atoms with Gasteiger partial charge in [-0.15, -0.1) is 11.3 Å². The Hall–Kier alpha value is -1.59. The van der Waals surface area contributed by atoms with Gasteiger partial charge in [-0.25, -0.2) is 4.98 Å². The van der Waals surface area contributed by atoms with Gasteiger partial charge in [0.05, 0.1) is 12.1 Å². The molecule has 3 atom stereocenters. The van der Waals surface area contributed by atoms with Crippen molar-refractivity contribution in [2.75, 3.05) is 0 Å². The molecule has 0 spiro atoms. The molecule has 1 N–H and O–H groups in total. The van der Waals surface area contributed by atoms with Crippen LogP contribution in [0.3, 0.4) is 0 Å². The maximum Gasteiger partial charge on any atom is 0.226 e. The molecular weight excluding hydrogens is 368 g/mol. The lowest BCUT2D eigenvalue weighted by Gasteiger charge is -2.34. The molecule has 3 rings (SSSR count). The molecule has 140 valence electrons. The number of carbonyl (C=O) groups is 1. The molecule has 0 radical (unpaired) electrons. The van der Waals surface area contributed by atoms with E-state index < -0.39 is 0 Å². The molecule has 2 aromatic rings. The minimum absolute atomic E-state index is 0.0615. The SMILES string of the molecule is CC1CCCC(NC(=O)Cc2csc(COc3ccc(Cl)cc3)n2)C1C. The number of benzene rings is 1. The van der Waals surface area contributed by atoms with Gasteiger partial charge in [0.2, 0.25) is 5.91 Å². The Morgan fingerprint density at radius 1 is 1.31 bits per heavy atom. The van der Waals surface area contributed by atoms with E-state index in [1.54, 1.807) is 12.1 Å². The Morgan fingerprint density at radius 3 is 2.85 bits per heavy atom. The number of rotatable bonds is 6. The van der Waals surface area contributed by atoms with Crippen molar-refractivity contribution in [1.29, 1.82) is 0 Å². The van der Waals surface area contributed by atoms with Crippen LogP contribution in [-0.4, -0.2) is 16.9 Å². The number of nitrogens with one attached hydrogen (secondary N) is 1. The highest BCUT2D eigenvalue weighted by Crippen LogP contribution is 2.29. The Morgan fingerprint density at radius 2 is 2.08 bits per heavy atom. The largest absolute Gasteiger partial charge is 0.486 e. The van der Waals surface area contributed by atoms with Crippen molar-refractivity contribution < 1.29 is 9.53 Å². The fourth-order valence-electron chi connectivity index (χ4n) is 3.38. The summed E-state index contributed by atoms with van der Waals surface area (Å²) in [5.41, 5.74) is 0.804. The average Bonchev–Trinajstić information content (AvgIpc) is 3.06. The molecule has 3 unspecified atom stereocenters. The number of hydrogen-bond acceptors (Lipinski definition) is 4. The van der Waals surface area contributed by atoms with Crippen LogP contribution in [0.15, 0.2) is 29.6 Å². The minimum atomic E-state index is 0.0615. The standard InChI is InChI=1S/C20H25ClN2O2S/c1-13-4-3-5-18(14(13)2)23-19(24)10-16-12-26-20(22-16)11-25-17-8-6-15(21)7-9-17/h6-9,12-14,18H,3-5,10-11H2,1-2H3,(H,23,24). The molecule has 1 aliphatic carbocycles. The highest BCUT2D eigenvalue weighted by molar-refractivity contribution is 7.09. The van der Waals surface area contributed by atoms with E-state index in [1.165, 1.54) is 24.2 Å². The molecule has 0 aliphatic heterocycles. The molecule has 1 aromatic carbocycles. The van der Waals surface area contributed by atoms with Crippen LogP contribution in [0.25, 0.3) is 0 Å². The second kappa shape index (κ2) is 8.87. The Labute approximate surface area is 163 Å². The normalized spacial score (nSPS) is 22.8. The van der Waals surface area contributed by atoms with Crippen molar-refractivity contribution in [3.05, 3.63) is 45.4 Å². The maximum atomic E-state index is 12.4. The van der Waals surface area contributed by atoms with Crippen LogP contribution in [0.4, 0.5) is 0 Å². The molecule has 1 heterocycles. The maximum absolute atomic E-state index is 12.4. The first kappa shape index (κ1) is 19.2. The minimum Gasteiger partial charge on any atom is -0.486 e. The average molecular weight is 393 g/mol. The summed E-state index contributed by atoms with van der Waals surface area (Å²) in [7, 11) is 0. The van der Waals surface area contributed by atoms with E-state index in [1.807, 2.05) is 17.5 Å². The number of ether oxygens (including phenoxy) is 1. The Bertz CT molecular complexity index is 732. The first-order valence-corrected chi connectivity index (χ1v) is 10.4. The van der Waals surface area contributed by atoms with Crippen LogP contribution in [0.1, 0.15) is 43.8 Å². The Kier molecular flexibility index (Phi) is 6.54. The molecule has 1 aliphatic rings. The van der Waals surface area contributed by atoms with E-state index in [4.69, 9.17) is 16.3 Å². The van der Waals surface area contributed by atoms with Gasteiger partial charge < -0.3 is 10.1 Å². The second-order valence-corrected chi connectivity index (χ2v) is 8.47. The zero-order valence-electron chi connectivity index (χ0n) is 15.2. The van der Waals surface area contributed by atoms with Gasteiger partial charge in [-0.05, 0) is 42.5 Å². The first-order chi connectivity index (χ1) is 12.5. The highest BCUT2D eigenvalue weighted by atomic mass is 35.5. The lowest BCUT2D eigenvalue weighted by Crippen LogP contribution is -2.44. The molecule has 1 amide bonds. The fraction of sp³-hybridized carbons (Fsp3) is 0.500. The third-order valence-corrected chi connectivity index (χ3v) is 6.29. The van der Waals surface area contributed by atoms with Gasteiger partial charge in [-0.2, -0.15) is 0 Å². The topological polar surface area (TPSA) is 51.2 Å². The van der Waals surface area contributed by atoms with Gasteiger partial charge in [0.15, 0.2) is 0 Å². The molecule has 1 fully saturated rings. The number of amides is 1. The van der Waals surface area contributed by atoms with E-state index in [0.29, 0.717) is 29.9 Å². The number of carbonyl (C=O) groups excluding carboxylic acids is 1. The molecule has 0 saturated heterocycles. The van der Waals surface area contributed by atoms with Crippen molar-refractivity contribution in [3.8, 4) is 5.75 Å². The Balaban J connectivity index is 1.48. The van der Waals surface area contributed by atoms with Crippen molar-refractivity contribution in [2.24, 2.45) is 11.8 Å². The summed E-state index contributed by atoms with van der Waals surface area (Å²) in [4.78, 5) is 16.9. The van der Waals surface area contributed by atoms with Gasteiger partial charge in [-0.1, -0.05) is 38.3 Å². The fourth-order valence-corrected chi connectivity index (χ4v) is 4.21. The quantitative estimate of drug-likeness (QED) is 0.763. The number of aromatic nitrogens is 1. The zero-order valence-corrected chi connectivity index (χ0v) is 16.8. The second-order valence-electron chi connectivity index (χ2n) is 7.09. The summed E-state index contributed by atoms with van der Waals surface area (Å²) < 4.78 is 5.70. The van der Waals surface area contributed by atoms with Crippen LogP contribution in [0, 0.1) is 11.8 Å². The lowest BCUT2D eigenvalue weighted by atomic mass is 9.78. The van der Waals surface area contributed by atoms with Crippen LogP contribution in [0.2, 0.25) is 5.02 Å². The van der Waals surface area contributed by atoms with Crippen molar-refractivity contribution in [2.45, 2.75) is 52.2 Å². The van der Waals surface area contributed by atoms with Gasteiger partial charge >= 0.3 is 0 Å². The van der Waals surface area contributed by atoms with Gasteiger partial charge in [0.25, 0.3) is 0 Å². The van der Waals surface area contributed by atoms with Crippen molar-refractivity contribution >= 4 is 28.8 Å². The first-order valence-electron chi connectivity index (χ1n) is 9.12. The zero-order chi connectivity index (χ0) is 18.5. The molecule has 0 bridgehead atoms. The molecule has 26 heavy (non-hydrogen) atoms. The smallest absolute Gasteiger partial charge is 0.226 e. The van der Waals surface area contributed by atoms with Crippen molar-refractivity contribution in [3.63, 3.8) is 0 Å². The molecular formula is C20H25ClN2O2S. The molecule has 1 aromatic heterocycles. The van der Waals surface area contributed by atoms with Crippen LogP contribution < -0.4 is 10.1 Å². The van der Waals surface area contributed by atoms with Gasteiger partial charge in [0.1, 0.15) is 17.4 Å². The lowest BCUT2D eigenvalue weighted by molar-refractivity contribution is -0.121. The number of thiazole rings is 1. The van der Waals surface area contributed by atoms with Crippen LogP contribution >= 0.6 is 22.9 Å². The van der Waals surface area contributed by atoms with Crippen molar-refractivity contribution in [1.82, 2.24) is 10.3 Å². The molecule has 6 heteroatoms. The van der Waals surface area contributed by atoms with E-state index in [-0.39, 0.29) is 11.9 Å². The summed E-state index contributed by atoms with van der Waals surface area (Å²) in [5, 5.41) is 6.68. The highest BCUT2D eigenvalue weighted by Gasteiger charge is 2.28. The third kappa shape index (κ3) is 5.21. The van der Waals surface area contributed by atoms with E-state index in [9.17, 15) is 4.79 Å². The monoisotopic (exact) mass is 392 g/mol. The number of nitrogens with zero attached hydrogens (tertiary/aromatic N) is 1. The van der Waals surface area contributed by atoms with Gasteiger partial charge in [0, 0.05) is 16.4 Å². The van der Waals surface area contributed by atoms with Crippen LogP contribution in [-0.2, 0) is 17.8 Å². The summed E-state index contributed by atoms with van der Waals surface area (Å²) in [6.45, 7) is 4.91. The van der Waals surface area contributed by atoms with Crippen LogP contribution in [0.5, 0.6) is 5.75 Å². The number of hydrogen-bond donors (Lipinski definition) is 1. The predicted molar refractivity (Wildman–Crippen MR) is 106 cm³/mol. The van der Waals surface area contributed by atoms with E-state index in [2.05, 4.69) is 24.1 Å². The van der Waals surface area contributed by atoms with E-state index >= 15 is 0 Å². The summed E-state index contributed by atoms with van der Waals surface area (Å²) in [6.07, 6.45) is 3.86. The summed E-state index contributed by atoms with van der Waals surface area (Å²) >= 11 is 7.38. The van der Waals surface area contributed by atoms with Gasteiger partial charge in [-0.3, -0.25) is 4.79 Å². The summed E-state index contributed by atoms with van der Waals surface area (Å²) in [5.74, 6) is 2.02.